The third-order valence-electron chi connectivity index (χ3n) is 4.83. The number of carbonyl (C=O) groups excluding carboxylic acids is 1. The van der Waals surface area contributed by atoms with Crippen molar-refractivity contribution in [3.63, 3.8) is 0 Å². The number of rotatable bonds is 6. The summed E-state index contributed by atoms with van der Waals surface area (Å²) in [5, 5.41) is 17.8. The number of hydrogen-bond acceptors (Lipinski definition) is 6. The zero-order chi connectivity index (χ0) is 24.1. The number of nitrogens with zero attached hydrogens (tertiary/aromatic N) is 3. The Morgan fingerprint density at radius 2 is 1.53 bits per heavy atom. The van der Waals surface area contributed by atoms with Gasteiger partial charge in [-0.25, -0.2) is 18.7 Å². The normalized spacial score (nSPS) is 10.3. The molecule has 0 bridgehead atoms. The minimum atomic E-state index is -0.719. The van der Waals surface area contributed by atoms with Gasteiger partial charge in [-0.3, -0.25) is 4.79 Å². The first-order valence-corrected chi connectivity index (χ1v) is 10.1. The fourth-order valence-electron chi connectivity index (χ4n) is 3.15. The lowest BCUT2D eigenvalue weighted by Gasteiger charge is -2.11. The van der Waals surface area contributed by atoms with Gasteiger partial charge in [0.1, 0.15) is 29.6 Å². The van der Waals surface area contributed by atoms with E-state index in [9.17, 15) is 13.6 Å². The molecule has 0 saturated carbocycles. The van der Waals surface area contributed by atoms with Gasteiger partial charge in [0, 0.05) is 23.1 Å². The lowest BCUT2D eigenvalue weighted by Crippen LogP contribution is -2.14. The van der Waals surface area contributed by atoms with E-state index < -0.39 is 11.7 Å². The van der Waals surface area contributed by atoms with Gasteiger partial charge in [0.15, 0.2) is 0 Å². The molecule has 3 N–H and O–H groups in total. The SMILES string of the molecule is Cc1cc(Nc2cc(Nc3cccc(NC(=O)c4cc(C#N)ccc4F)c3)ncn2)ccc1F. The number of amides is 1. The molecule has 1 amide bonds. The van der Waals surface area contributed by atoms with Gasteiger partial charge in [0.25, 0.3) is 5.91 Å². The van der Waals surface area contributed by atoms with Gasteiger partial charge in [0.2, 0.25) is 0 Å². The van der Waals surface area contributed by atoms with Gasteiger partial charge in [-0.2, -0.15) is 5.26 Å². The molecule has 0 radical (unpaired) electrons. The van der Waals surface area contributed by atoms with E-state index in [0.717, 1.165) is 6.07 Å². The zero-order valence-electron chi connectivity index (χ0n) is 17.9. The van der Waals surface area contributed by atoms with Crippen molar-refractivity contribution >= 4 is 34.6 Å². The molecule has 0 unspecified atom stereocenters. The molecule has 4 rings (SSSR count). The van der Waals surface area contributed by atoms with E-state index in [1.807, 2.05) is 6.07 Å². The first-order valence-electron chi connectivity index (χ1n) is 10.1. The van der Waals surface area contributed by atoms with Crippen LogP contribution in [-0.2, 0) is 0 Å². The molecule has 7 nitrogen and oxygen atoms in total. The second-order valence-electron chi connectivity index (χ2n) is 7.34. The first kappa shape index (κ1) is 22.4. The average Bonchev–Trinajstić information content (AvgIpc) is 2.82. The Kier molecular flexibility index (Phi) is 6.41. The van der Waals surface area contributed by atoms with Crippen molar-refractivity contribution in [3.05, 3.63) is 101 Å². The molecule has 0 aliphatic heterocycles. The van der Waals surface area contributed by atoms with Crippen LogP contribution >= 0.6 is 0 Å². The zero-order valence-corrected chi connectivity index (χ0v) is 17.9. The number of hydrogen-bond donors (Lipinski definition) is 3. The van der Waals surface area contributed by atoms with Crippen molar-refractivity contribution in [1.29, 1.82) is 5.26 Å². The second kappa shape index (κ2) is 9.75. The molecule has 168 valence electrons. The number of halogens is 2. The standard InChI is InChI=1S/C25H18F2N6O/c1-15-9-19(6-8-21(15)26)32-24-12-23(29-14-30-24)31-17-3-2-4-18(11-17)33-25(34)20-10-16(13-28)5-7-22(20)27/h2-12,14H,1H3,(H,33,34)(H2,29,30,31,32). The summed E-state index contributed by atoms with van der Waals surface area (Å²) < 4.78 is 27.5. The van der Waals surface area contributed by atoms with Crippen LogP contribution in [0.25, 0.3) is 0 Å². The van der Waals surface area contributed by atoms with E-state index in [4.69, 9.17) is 5.26 Å². The third-order valence-corrected chi connectivity index (χ3v) is 4.83. The Morgan fingerprint density at radius 3 is 2.24 bits per heavy atom. The number of nitriles is 1. The first-order chi connectivity index (χ1) is 16.4. The number of carbonyl (C=O) groups is 1. The Balaban J connectivity index is 1.47. The molecule has 0 saturated heterocycles. The highest BCUT2D eigenvalue weighted by atomic mass is 19.1. The largest absolute Gasteiger partial charge is 0.340 e. The molecule has 0 spiro atoms. The van der Waals surface area contributed by atoms with Crippen LogP contribution in [-0.4, -0.2) is 15.9 Å². The van der Waals surface area contributed by atoms with E-state index in [0.29, 0.717) is 34.3 Å². The van der Waals surface area contributed by atoms with Gasteiger partial charge in [-0.15, -0.1) is 0 Å². The Morgan fingerprint density at radius 1 is 0.853 bits per heavy atom. The third kappa shape index (κ3) is 5.31. The lowest BCUT2D eigenvalue weighted by molar-refractivity contribution is 0.102. The summed E-state index contributed by atoms with van der Waals surface area (Å²) in [6, 6.07) is 18.6. The summed E-state index contributed by atoms with van der Waals surface area (Å²) >= 11 is 0. The number of aromatic nitrogens is 2. The van der Waals surface area contributed by atoms with Gasteiger partial charge in [0.05, 0.1) is 17.2 Å². The molecule has 1 aromatic heterocycles. The van der Waals surface area contributed by atoms with Crippen molar-refractivity contribution in [3.8, 4) is 6.07 Å². The monoisotopic (exact) mass is 456 g/mol. The molecule has 1 heterocycles. The van der Waals surface area contributed by atoms with Crippen molar-refractivity contribution in [2.75, 3.05) is 16.0 Å². The van der Waals surface area contributed by atoms with Crippen molar-refractivity contribution in [2.24, 2.45) is 0 Å². The van der Waals surface area contributed by atoms with E-state index in [2.05, 4.69) is 25.9 Å². The minimum absolute atomic E-state index is 0.186. The summed E-state index contributed by atoms with van der Waals surface area (Å²) in [5.74, 6) is -0.700. The molecular formula is C25H18F2N6O. The summed E-state index contributed by atoms with van der Waals surface area (Å²) in [4.78, 5) is 20.9. The predicted molar refractivity (Wildman–Crippen MR) is 125 cm³/mol. The fraction of sp³-hybridized carbons (Fsp3) is 0.0400. The van der Waals surface area contributed by atoms with Gasteiger partial charge < -0.3 is 16.0 Å². The van der Waals surface area contributed by atoms with E-state index in [1.54, 1.807) is 49.4 Å². The van der Waals surface area contributed by atoms with E-state index in [-0.39, 0.29) is 16.9 Å². The Hall–Kier alpha value is -4.84. The molecular weight excluding hydrogens is 438 g/mol. The van der Waals surface area contributed by atoms with Gasteiger partial charge in [-0.1, -0.05) is 6.07 Å². The van der Waals surface area contributed by atoms with Crippen LogP contribution in [0.3, 0.4) is 0 Å². The van der Waals surface area contributed by atoms with Crippen molar-refractivity contribution in [1.82, 2.24) is 9.97 Å². The minimum Gasteiger partial charge on any atom is -0.340 e. The summed E-state index contributed by atoms with van der Waals surface area (Å²) in [5.41, 5.74) is 2.19. The number of benzene rings is 3. The average molecular weight is 456 g/mol. The molecule has 9 heteroatoms. The smallest absolute Gasteiger partial charge is 0.258 e. The highest BCUT2D eigenvalue weighted by Gasteiger charge is 2.13. The molecule has 0 atom stereocenters. The quantitative estimate of drug-likeness (QED) is 0.345. The summed E-state index contributed by atoms with van der Waals surface area (Å²) in [7, 11) is 0. The number of nitrogens with one attached hydrogen (secondary N) is 3. The van der Waals surface area contributed by atoms with Crippen LogP contribution in [0.15, 0.2) is 73.1 Å². The Bertz CT molecular complexity index is 1420. The Labute approximate surface area is 194 Å². The van der Waals surface area contributed by atoms with E-state index >= 15 is 0 Å². The molecule has 3 aromatic carbocycles. The maximum Gasteiger partial charge on any atom is 0.258 e. The van der Waals surface area contributed by atoms with E-state index in [1.165, 1.54) is 24.5 Å². The second-order valence-corrected chi connectivity index (χ2v) is 7.34. The highest BCUT2D eigenvalue weighted by Crippen LogP contribution is 2.23. The van der Waals surface area contributed by atoms with Crippen LogP contribution in [0.2, 0.25) is 0 Å². The highest BCUT2D eigenvalue weighted by molar-refractivity contribution is 6.04. The maximum atomic E-state index is 14.0. The molecule has 4 aromatic rings. The fourth-order valence-corrected chi connectivity index (χ4v) is 3.15. The summed E-state index contributed by atoms with van der Waals surface area (Å²) in [6.07, 6.45) is 1.37. The van der Waals surface area contributed by atoms with Crippen LogP contribution in [0.4, 0.5) is 37.5 Å². The van der Waals surface area contributed by atoms with Gasteiger partial charge >= 0.3 is 0 Å². The van der Waals surface area contributed by atoms with Crippen molar-refractivity contribution in [2.45, 2.75) is 6.92 Å². The van der Waals surface area contributed by atoms with Crippen molar-refractivity contribution < 1.29 is 13.6 Å². The molecule has 0 aliphatic carbocycles. The van der Waals surface area contributed by atoms with Crippen LogP contribution < -0.4 is 16.0 Å². The molecule has 34 heavy (non-hydrogen) atoms. The summed E-state index contributed by atoms with van der Waals surface area (Å²) in [6.45, 7) is 1.67. The van der Waals surface area contributed by atoms with Crippen LogP contribution in [0.5, 0.6) is 0 Å². The predicted octanol–water partition coefficient (Wildman–Crippen LogP) is 5.67. The topological polar surface area (TPSA) is 103 Å². The lowest BCUT2D eigenvalue weighted by atomic mass is 10.1. The molecule has 0 aliphatic rings. The van der Waals surface area contributed by atoms with Gasteiger partial charge in [-0.05, 0) is 67.1 Å². The molecule has 0 fully saturated rings. The van der Waals surface area contributed by atoms with Crippen LogP contribution in [0.1, 0.15) is 21.5 Å². The number of aryl methyl sites for hydroxylation is 1. The number of anilines is 5. The van der Waals surface area contributed by atoms with Crippen LogP contribution in [0, 0.1) is 29.9 Å². The maximum absolute atomic E-state index is 14.0.